The topological polar surface area (TPSA) is 184 Å². The summed E-state index contributed by atoms with van der Waals surface area (Å²) in [5.74, 6) is -0.418. The molecule has 1 N–H and O–H groups in total. The second-order valence-corrected chi connectivity index (χ2v) is 17.6. The van der Waals surface area contributed by atoms with Gasteiger partial charge in [0.15, 0.2) is 6.23 Å². The molecule has 5 aromatic rings. The van der Waals surface area contributed by atoms with Gasteiger partial charge in [-0.1, -0.05) is 66.7 Å². The van der Waals surface area contributed by atoms with Gasteiger partial charge < -0.3 is 33.3 Å². The Morgan fingerprint density at radius 3 is 1.88 bits per heavy atom. The first-order valence-electron chi connectivity index (χ1n) is 21.6. The lowest BCUT2D eigenvalue weighted by molar-refractivity contribution is -0.114. The number of nitrogens with one attached hydrogen (secondary N) is 1. The van der Waals surface area contributed by atoms with Crippen LogP contribution in [0.4, 0.5) is 5.82 Å². The number of ether oxygens (including phenoxy) is 4. The summed E-state index contributed by atoms with van der Waals surface area (Å²) in [5, 5.41) is 12.1. The first-order valence-corrected chi connectivity index (χ1v) is 22.7. The fourth-order valence-electron chi connectivity index (χ4n) is 8.50. The van der Waals surface area contributed by atoms with Gasteiger partial charge in [0.1, 0.15) is 41.2 Å². The molecule has 66 heavy (non-hydrogen) atoms. The number of aromatic nitrogens is 2. The Bertz CT molecular complexity index is 2510. The summed E-state index contributed by atoms with van der Waals surface area (Å²) in [6.45, 7) is 9.02. The standard InChI is InChI=1S/C49H53N6O10P/c1-31(2)55(32(3)4)66(63-29-13-27-50)65-44-41(30-62-49(34-14-9-8-10-15-34,35-18-22-37(60-6)23-19-35)36-20-24-38(61-7)25-21-36)64-47(53-28-26-42(51-33(5)56)52-48(53)59)43(44)54-45(57)39-16-11-12-17-40(39)46(54)58/h8-12,14-26,28,31-32,41,43-44,47H,13,29-30H2,1-7H3,(H,51,52,56,59)/t41-,43-,44-,47-,66?/m1/s1. The van der Waals surface area contributed by atoms with E-state index in [4.69, 9.17) is 28.0 Å². The third-order valence-electron chi connectivity index (χ3n) is 11.4. The summed E-state index contributed by atoms with van der Waals surface area (Å²) in [6, 6.07) is 33.1. The zero-order valence-corrected chi connectivity index (χ0v) is 38.7. The average molecular weight is 917 g/mol. The lowest BCUT2D eigenvalue weighted by Crippen LogP contribution is -2.52. The summed E-state index contributed by atoms with van der Waals surface area (Å²) >= 11 is 0. The van der Waals surface area contributed by atoms with Crippen molar-refractivity contribution in [2.45, 2.75) is 83.2 Å². The number of hydrogen-bond acceptors (Lipinski definition) is 13. The maximum Gasteiger partial charge on any atom is 0.351 e. The molecule has 4 aromatic carbocycles. The molecule has 3 amide bonds. The number of amides is 3. The number of carbonyl (C=O) groups excluding carboxylic acids is 3. The first kappa shape index (κ1) is 47.6. The van der Waals surface area contributed by atoms with E-state index in [0.29, 0.717) is 11.5 Å². The van der Waals surface area contributed by atoms with Gasteiger partial charge in [0, 0.05) is 25.2 Å². The maximum absolute atomic E-state index is 14.6. The number of rotatable bonds is 19. The highest BCUT2D eigenvalue weighted by Crippen LogP contribution is 2.52. The molecule has 1 aromatic heterocycles. The van der Waals surface area contributed by atoms with Crippen LogP contribution in [0.1, 0.15) is 84.7 Å². The number of imide groups is 1. The van der Waals surface area contributed by atoms with Crippen molar-refractivity contribution in [3.63, 3.8) is 0 Å². The fraction of sp³-hybridized carbons (Fsp3) is 0.347. The lowest BCUT2D eigenvalue weighted by atomic mass is 9.80. The van der Waals surface area contributed by atoms with E-state index in [1.165, 1.54) is 23.8 Å². The van der Waals surface area contributed by atoms with Crippen molar-refractivity contribution in [3.8, 4) is 17.6 Å². The van der Waals surface area contributed by atoms with E-state index >= 15 is 0 Å². The van der Waals surface area contributed by atoms with Crippen LogP contribution in [-0.2, 0) is 28.9 Å². The normalized spacial score (nSPS) is 18.7. The van der Waals surface area contributed by atoms with E-state index < -0.39 is 62.0 Å². The Kier molecular flexibility index (Phi) is 15.1. The molecular formula is C49H53N6O10P. The predicted molar refractivity (Wildman–Crippen MR) is 246 cm³/mol. The molecule has 7 rings (SSSR count). The molecule has 1 saturated heterocycles. The Labute approximate surface area is 384 Å². The average Bonchev–Trinajstić information content (AvgIpc) is 3.78. The smallest absolute Gasteiger partial charge is 0.351 e. The van der Waals surface area contributed by atoms with Gasteiger partial charge in [-0.05, 0) is 86.8 Å². The molecule has 3 heterocycles. The molecule has 2 aliphatic heterocycles. The van der Waals surface area contributed by atoms with E-state index in [2.05, 4.69) is 16.4 Å². The molecule has 17 heteroatoms. The van der Waals surface area contributed by atoms with Gasteiger partial charge >= 0.3 is 5.69 Å². The van der Waals surface area contributed by atoms with E-state index in [9.17, 15) is 24.4 Å². The van der Waals surface area contributed by atoms with Crippen molar-refractivity contribution in [1.82, 2.24) is 19.1 Å². The number of benzene rings is 4. The summed E-state index contributed by atoms with van der Waals surface area (Å²) in [7, 11) is 1.12. The molecule has 0 spiro atoms. The summed E-state index contributed by atoms with van der Waals surface area (Å²) < 4.78 is 42.3. The number of fused-ring (bicyclic) bond motifs is 1. The Morgan fingerprint density at radius 1 is 0.833 bits per heavy atom. The van der Waals surface area contributed by atoms with Gasteiger partial charge in [0.05, 0.1) is 51.1 Å². The van der Waals surface area contributed by atoms with Crippen molar-refractivity contribution in [1.29, 1.82) is 5.26 Å². The van der Waals surface area contributed by atoms with Crippen molar-refractivity contribution < 1.29 is 42.4 Å². The van der Waals surface area contributed by atoms with Crippen LogP contribution in [0.25, 0.3) is 0 Å². The minimum atomic E-state index is -2.05. The highest BCUT2D eigenvalue weighted by molar-refractivity contribution is 7.44. The van der Waals surface area contributed by atoms with Gasteiger partial charge in [-0.3, -0.25) is 23.9 Å². The zero-order chi connectivity index (χ0) is 47.1. The third-order valence-corrected chi connectivity index (χ3v) is 13.5. The summed E-state index contributed by atoms with van der Waals surface area (Å²) in [5.41, 5.74) is 0.382. The van der Waals surface area contributed by atoms with Crippen LogP contribution in [-0.4, -0.2) is 94.6 Å². The minimum Gasteiger partial charge on any atom is -0.497 e. The highest BCUT2D eigenvalue weighted by atomic mass is 31.2. The second-order valence-electron chi connectivity index (χ2n) is 16.2. The van der Waals surface area contributed by atoms with Crippen LogP contribution in [0.15, 0.2) is 120 Å². The van der Waals surface area contributed by atoms with Crippen molar-refractivity contribution >= 4 is 32.1 Å². The van der Waals surface area contributed by atoms with E-state index in [-0.39, 0.29) is 48.7 Å². The molecule has 0 aliphatic carbocycles. The number of anilines is 1. The number of carbonyl (C=O) groups is 3. The largest absolute Gasteiger partial charge is 0.497 e. The first-order chi connectivity index (χ1) is 31.8. The van der Waals surface area contributed by atoms with E-state index in [1.807, 2.05) is 111 Å². The van der Waals surface area contributed by atoms with Gasteiger partial charge in [-0.15, -0.1) is 0 Å². The predicted octanol–water partition coefficient (Wildman–Crippen LogP) is 7.45. The summed E-state index contributed by atoms with van der Waals surface area (Å²) in [4.78, 5) is 60.6. The van der Waals surface area contributed by atoms with Crippen molar-refractivity contribution in [3.05, 3.63) is 154 Å². The van der Waals surface area contributed by atoms with Crippen molar-refractivity contribution in [2.24, 2.45) is 0 Å². The van der Waals surface area contributed by atoms with Crippen LogP contribution in [0.5, 0.6) is 11.5 Å². The van der Waals surface area contributed by atoms with E-state index in [0.717, 1.165) is 21.6 Å². The lowest BCUT2D eigenvalue weighted by Gasteiger charge is -2.40. The van der Waals surface area contributed by atoms with Gasteiger partial charge in [0.2, 0.25) is 5.91 Å². The monoisotopic (exact) mass is 916 g/mol. The van der Waals surface area contributed by atoms with Gasteiger partial charge in [-0.2, -0.15) is 10.2 Å². The Hall–Kier alpha value is -6.31. The summed E-state index contributed by atoms with van der Waals surface area (Å²) in [6.07, 6.45) is -2.30. The van der Waals surface area contributed by atoms with E-state index in [1.54, 1.807) is 38.5 Å². The highest BCUT2D eigenvalue weighted by Gasteiger charge is 2.57. The zero-order valence-electron chi connectivity index (χ0n) is 37.8. The number of nitriles is 1. The molecule has 344 valence electrons. The van der Waals surface area contributed by atoms with Gasteiger partial charge in [-0.25, -0.2) is 9.46 Å². The van der Waals surface area contributed by atoms with Crippen LogP contribution in [0.3, 0.4) is 0 Å². The quantitative estimate of drug-likeness (QED) is 0.0373. The van der Waals surface area contributed by atoms with Crippen LogP contribution in [0.2, 0.25) is 0 Å². The number of hydrogen-bond donors (Lipinski definition) is 1. The molecule has 16 nitrogen and oxygen atoms in total. The molecule has 5 atom stereocenters. The molecule has 1 fully saturated rings. The number of nitrogens with zero attached hydrogens (tertiary/aromatic N) is 5. The third kappa shape index (κ3) is 9.64. The second kappa shape index (κ2) is 20.9. The molecular weight excluding hydrogens is 864 g/mol. The minimum absolute atomic E-state index is 0.00254. The molecule has 2 aliphatic rings. The fourth-order valence-corrected chi connectivity index (χ4v) is 10.3. The van der Waals surface area contributed by atoms with Crippen LogP contribution in [0, 0.1) is 11.3 Å². The Morgan fingerprint density at radius 2 is 1.38 bits per heavy atom. The SMILES string of the molecule is COc1ccc(C(OC[C@H]2O[C@@H](n3ccc(NC(C)=O)nc3=O)[C@H](N3C(=O)c4ccccc4C3=O)[C@@H]2OP(OCCC#N)N(C(C)C)C(C)C)(c2ccccc2)c2ccc(OC)cc2)cc1. The molecule has 0 saturated carbocycles. The maximum atomic E-state index is 14.6. The number of methoxy groups -OCH3 is 2. The molecule has 0 radical (unpaired) electrons. The Balaban J connectivity index is 1.43. The van der Waals surface area contributed by atoms with Crippen LogP contribution < -0.4 is 20.5 Å². The van der Waals surface area contributed by atoms with Crippen LogP contribution >= 0.6 is 8.53 Å². The molecule has 0 bridgehead atoms. The van der Waals surface area contributed by atoms with Gasteiger partial charge in [0.25, 0.3) is 20.3 Å². The molecule has 1 unspecified atom stereocenters. The van der Waals surface area contributed by atoms with Crippen molar-refractivity contribution in [2.75, 3.05) is 32.8 Å².